The van der Waals surface area contributed by atoms with Crippen molar-refractivity contribution in [1.29, 1.82) is 0 Å². The largest absolute Gasteiger partial charge is 0.497 e. The van der Waals surface area contributed by atoms with Gasteiger partial charge in [0.2, 0.25) is 0 Å². The van der Waals surface area contributed by atoms with E-state index < -0.39 is 0 Å². The van der Waals surface area contributed by atoms with Gasteiger partial charge in [-0.15, -0.1) is 0 Å². The van der Waals surface area contributed by atoms with Gasteiger partial charge in [-0.25, -0.2) is 0 Å². The molecule has 0 unspecified atom stereocenters. The Kier molecular flexibility index (Phi) is 4.20. The smallest absolute Gasteiger partial charge is 0.118 e. The molecule has 17 heavy (non-hydrogen) atoms. The van der Waals surface area contributed by atoms with Gasteiger partial charge in [0.25, 0.3) is 0 Å². The van der Waals surface area contributed by atoms with Crippen molar-refractivity contribution < 1.29 is 4.74 Å². The van der Waals surface area contributed by atoms with Gasteiger partial charge in [-0.05, 0) is 32.9 Å². The Morgan fingerprint density at radius 1 is 0.941 bits per heavy atom. The maximum Gasteiger partial charge on any atom is 0.118 e. The lowest BCUT2D eigenvalue weighted by molar-refractivity contribution is 0.415. The highest BCUT2D eigenvalue weighted by molar-refractivity contribution is 14.1. The number of halogens is 1. The van der Waals surface area contributed by atoms with E-state index in [1.165, 1.54) is 16.7 Å². The van der Waals surface area contributed by atoms with Crippen molar-refractivity contribution in [3.63, 3.8) is 0 Å². The predicted molar refractivity (Wildman–Crippen MR) is 80.5 cm³/mol. The molecule has 0 heterocycles. The van der Waals surface area contributed by atoms with Gasteiger partial charge < -0.3 is 4.74 Å². The van der Waals surface area contributed by atoms with Crippen LogP contribution in [0.1, 0.15) is 11.1 Å². The molecule has 0 aliphatic heterocycles. The van der Waals surface area contributed by atoms with Gasteiger partial charge >= 0.3 is 0 Å². The molecule has 2 aromatic carbocycles. The van der Waals surface area contributed by atoms with E-state index in [4.69, 9.17) is 4.74 Å². The van der Waals surface area contributed by atoms with Crippen molar-refractivity contribution in [2.24, 2.45) is 0 Å². The summed E-state index contributed by atoms with van der Waals surface area (Å²) in [6, 6.07) is 18.5. The van der Waals surface area contributed by atoms with Gasteiger partial charge in [0.1, 0.15) is 5.75 Å². The molecule has 1 nitrogen and oxygen atoms in total. The zero-order valence-corrected chi connectivity index (χ0v) is 11.7. The summed E-state index contributed by atoms with van der Waals surface area (Å²) < 4.78 is 7.27. The normalized spacial score (nSPS) is 11.3. The van der Waals surface area contributed by atoms with Crippen LogP contribution in [0.4, 0.5) is 0 Å². The third-order valence-electron chi connectivity index (χ3n) is 2.59. The minimum Gasteiger partial charge on any atom is -0.497 e. The fraction of sp³-hybridized carbons (Fsp3) is 0.0667. The Labute approximate surface area is 115 Å². The summed E-state index contributed by atoms with van der Waals surface area (Å²) >= 11 is 2.28. The molecule has 0 N–H and O–H groups in total. The first-order valence-electron chi connectivity index (χ1n) is 5.35. The molecular formula is C15H13IO. The molecule has 0 aliphatic carbocycles. The van der Waals surface area contributed by atoms with E-state index >= 15 is 0 Å². The molecule has 0 amide bonds. The highest BCUT2D eigenvalue weighted by Gasteiger charge is 2.03. The number of ether oxygens (including phenoxy) is 1. The summed E-state index contributed by atoms with van der Waals surface area (Å²) in [5.41, 5.74) is 3.66. The lowest BCUT2D eigenvalue weighted by Crippen LogP contribution is -1.88. The van der Waals surface area contributed by atoms with Crippen molar-refractivity contribution in [2.45, 2.75) is 0 Å². The number of hydrogen-bond donors (Lipinski definition) is 0. The first kappa shape index (κ1) is 12.2. The molecule has 0 saturated heterocycles. The molecule has 86 valence electrons. The predicted octanol–water partition coefficient (Wildman–Crippen LogP) is 4.52. The monoisotopic (exact) mass is 336 g/mol. The van der Waals surface area contributed by atoms with Gasteiger partial charge in [-0.1, -0.05) is 65.1 Å². The van der Waals surface area contributed by atoms with E-state index in [1.54, 1.807) is 7.11 Å². The molecule has 2 rings (SSSR count). The molecule has 0 spiro atoms. The van der Waals surface area contributed by atoms with Crippen LogP contribution in [-0.4, -0.2) is 7.11 Å². The van der Waals surface area contributed by atoms with Crippen LogP contribution < -0.4 is 4.74 Å². The zero-order valence-electron chi connectivity index (χ0n) is 9.56. The summed E-state index contributed by atoms with van der Waals surface area (Å²) in [6.07, 6.45) is 0. The second-order valence-corrected chi connectivity index (χ2v) is 4.24. The molecule has 2 aromatic rings. The van der Waals surface area contributed by atoms with Gasteiger partial charge in [0.15, 0.2) is 0 Å². The molecule has 0 aromatic heterocycles. The maximum absolute atomic E-state index is 5.17. The quantitative estimate of drug-likeness (QED) is 0.749. The molecule has 0 aliphatic rings. The third kappa shape index (κ3) is 2.88. The van der Waals surface area contributed by atoms with Crippen LogP contribution in [0.15, 0.2) is 58.7 Å². The molecule has 0 radical (unpaired) electrons. The van der Waals surface area contributed by atoms with Crippen LogP contribution in [0.25, 0.3) is 5.57 Å². The highest BCUT2D eigenvalue weighted by Crippen LogP contribution is 2.26. The molecule has 2 heteroatoms. The lowest BCUT2D eigenvalue weighted by atomic mass is 10.00. The maximum atomic E-state index is 5.17. The van der Waals surface area contributed by atoms with Gasteiger partial charge in [-0.2, -0.15) is 0 Å². The minimum absolute atomic E-state index is 0.884. The Morgan fingerprint density at radius 2 is 1.53 bits per heavy atom. The first-order valence-corrected chi connectivity index (χ1v) is 6.60. The van der Waals surface area contributed by atoms with Crippen LogP contribution in [-0.2, 0) is 0 Å². The van der Waals surface area contributed by atoms with Crippen molar-refractivity contribution in [1.82, 2.24) is 0 Å². The Balaban J connectivity index is 2.37. The van der Waals surface area contributed by atoms with Crippen LogP contribution in [0.3, 0.4) is 0 Å². The van der Waals surface area contributed by atoms with Crippen LogP contribution in [0.2, 0.25) is 0 Å². The number of benzene rings is 2. The van der Waals surface area contributed by atoms with E-state index in [9.17, 15) is 0 Å². The SMILES string of the molecule is COc1ccc(/C(=C\I)c2ccccc2)cc1. The Bertz CT molecular complexity index is 500. The zero-order chi connectivity index (χ0) is 12.1. The molecule has 0 saturated carbocycles. The summed E-state index contributed by atoms with van der Waals surface area (Å²) in [4.78, 5) is 0. The highest BCUT2D eigenvalue weighted by atomic mass is 127. The summed E-state index contributed by atoms with van der Waals surface area (Å²) in [5, 5.41) is 0. The van der Waals surface area contributed by atoms with E-state index in [-0.39, 0.29) is 0 Å². The van der Waals surface area contributed by atoms with Crippen LogP contribution in [0, 0.1) is 0 Å². The molecular weight excluding hydrogens is 323 g/mol. The van der Waals surface area contributed by atoms with E-state index in [0.717, 1.165) is 5.75 Å². The average molecular weight is 336 g/mol. The summed E-state index contributed by atoms with van der Waals surface area (Å²) in [5.74, 6) is 0.884. The fourth-order valence-electron chi connectivity index (χ4n) is 1.68. The molecule has 0 atom stereocenters. The second-order valence-electron chi connectivity index (χ2n) is 3.62. The summed E-state index contributed by atoms with van der Waals surface area (Å²) in [7, 11) is 1.68. The average Bonchev–Trinajstić information content (AvgIpc) is 2.42. The standard InChI is InChI=1S/C15H13IO/c1-17-14-9-7-13(8-10-14)15(11-16)12-5-3-2-4-6-12/h2-11H,1H3/b15-11-. The first-order chi connectivity index (χ1) is 8.35. The molecule has 0 bridgehead atoms. The summed E-state index contributed by atoms with van der Waals surface area (Å²) in [6.45, 7) is 0. The second kappa shape index (κ2) is 5.87. The number of hydrogen-bond acceptors (Lipinski definition) is 1. The van der Waals surface area contributed by atoms with E-state index in [1.807, 2.05) is 18.2 Å². The van der Waals surface area contributed by atoms with Gasteiger partial charge in [0.05, 0.1) is 7.11 Å². The lowest BCUT2D eigenvalue weighted by Gasteiger charge is -2.08. The van der Waals surface area contributed by atoms with Crippen molar-refractivity contribution in [2.75, 3.05) is 7.11 Å². The van der Waals surface area contributed by atoms with E-state index in [2.05, 4.69) is 63.1 Å². The van der Waals surface area contributed by atoms with Crippen molar-refractivity contribution >= 4 is 28.2 Å². The third-order valence-corrected chi connectivity index (χ3v) is 3.22. The number of rotatable bonds is 3. The topological polar surface area (TPSA) is 9.23 Å². The Morgan fingerprint density at radius 3 is 2.06 bits per heavy atom. The fourth-order valence-corrected chi connectivity index (χ4v) is 2.40. The number of methoxy groups -OCH3 is 1. The van der Waals surface area contributed by atoms with Crippen molar-refractivity contribution in [3.05, 3.63) is 69.8 Å². The van der Waals surface area contributed by atoms with Gasteiger partial charge in [-0.3, -0.25) is 0 Å². The minimum atomic E-state index is 0.884. The van der Waals surface area contributed by atoms with Gasteiger partial charge in [0, 0.05) is 0 Å². The van der Waals surface area contributed by atoms with Crippen LogP contribution >= 0.6 is 22.6 Å². The molecule has 0 fully saturated rings. The Hall–Kier alpha value is -1.29. The van der Waals surface area contributed by atoms with Crippen LogP contribution in [0.5, 0.6) is 5.75 Å². The van der Waals surface area contributed by atoms with E-state index in [0.29, 0.717) is 0 Å². The van der Waals surface area contributed by atoms with Crippen molar-refractivity contribution in [3.8, 4) is 5.75 Å².